The molecule has 6 heteroatoms. The van der Waals surface area contributed by atoms with Crippen LogP contribution in [0.4, 0.5) is 5.69 Å². The van der Waals surface area contributed by atoms with Crippen LogP contribution in [-0.2, 0) is 16.1 Å². The zero-order chi connectivity index (χ0) is 18.4. The van der Waals surface area contributed by atoms with E-state index >= 15 is 0 Å². The average molecular weight is 346 g/mol. The summed E-state index contributed by atoms with van der Waals surface area (Å²) in [6.07, 6.45) is 0. The summed E-state index contributed by atoms with van der Waals surface area (Å²) in [6.45, 7) is 11.8. The van der Waals surface area contributed by atoms with Gasteiger partial charge in [0.15, 0.2) is 0 Å². The van der Waals surface area contributed by atoms with Crippen LogP contribution in [0.15, 0.2) is 24.3 Å². The van der Waals surface area contributed by atoms with Crippen molar-refractivity contribution in [1.29, 1.82) is 0 Å². The van der Waals surface area contributed by atoms with Gasteiger partial charge >= 0.3 is 0 Å². The molecule has 6 nitrogen and oxygen atoms in total. The lowest BCUT2D eigenvalue weighted by molar-refractivity contribution is -0.127. The van der Waals surface area contributed by atoms with Crippen molar-refractivity contribution in [2.24, 2.45) is 0 Å². The van der Waals surface area contributed by atoms with E-state index < -0.39 is 0 Å². The monoisotopic (exact) mass is 346 g/mol. The van der Waals surface area contributed by atoms with Gasteiger partial charge in [0.1, 0.15) is 0 Å². The Morgan fingerprint density at radius 2 is 1.72 bits per heavy atom. The summed E-state index contributed by atoms with van der Waals surface area (Å²) in [7, 11) is 0. The Morgan fingerprint density at radius 1 is 1.08 bits per heavy atom. The van der Waals surface area contributed by atoms with E-state index in [1.807, 2.05) is 39.0 Å². The van der Waals surface area contributed by atoms with E-state index in [4.69, 9.17) is 0 Å². The molecule has 0 radical (unpaired) electrons. The molecule has 1 aromatic rings. The highest BCUT2D eigenvalue weighted by atomic mass is 16.2. The molecular formula is C19H30N4O2. The molecule has 2 rings (SSSR count). The standard InChI is InChI=1S/C19H30N4O2/c1-14(2)20-19(25)15(3)23-11-9-22(10-12-23)13-17-7-5-6-8-18(17)21-16(4)24/h5-8,14-15H,9-13H2,1-4H3,(H,20,25)(H,21,24)/t15-/m1/s1. The Bertz CT molecular complexity index is 595. The van der Waals surface area contributed by atoms with E-state index in [0.717, 1.165) is 44.0 Å². The number of anilines is 1. The van der Waals surface area contributed by atoms with Gasteiger partial charge in [0, 0.05) is 51.4 Å². The molecule has 1 aromatic carbocycles. The van der Waals surface area contributed by atoms with Gasteiger partial charge in [-0.2, -0.15) is 0 Å². The fourth-order valence-corrected chi connectivity index (χ4v) is 3.09. The largest absolute Gasteiger partial charge is 0.353 e. The lowest BCUT2D eigenvalue weighted by Crippen LogP contribution is -2.54. The van der Waals surface area contributed by atoms with Crippen molar-refractivity contribution in [3.05, 3.63) is 29.8 Å². The molecule has 1 saturated heterocycles. The molecule has 2 N–H and O–H groups in total. The molecule has 1 aliphatic rings. The quantitative estimate of drug-likeness (QED) is 0.822. The lowest BCUT2D eigenvalue weighted by Gasteiger charge is -2.37. The summed E-state index contributed by atoms with van der Waals surface area (Å²) in [5.41, 5.74) is 2.00. The summed E-state index contributed by atoms with van der Waals surface area (Å²) >= 11 is 0. The van der Waals surface area contributed by atoms with Crippen LogP contribution in [0.25, 0.3) is 0 Å². The number of nitrogens with one attached hydrogen (secondary N) is 2. The van der Waals surface area contributed by atoms with Gasteiger partial charge in [0.25, 0.3) is 0 Å². The molecule has 1 fully saturated rings. The van der Waals surface area contributed by atoms with Gasteiger partial charge in [-0.25, -0.2) is 0 Å². The van der Waals surface area contributed by atoms with Crippen molar-refractivity contribution in [1.82, 2.24) is 15.1 Å². The summed E-state index contributed by atoms with van der Waals surface area (Å²) in [4.78, 5) is 28.1. The maximum Gasteiger partial charge on any atom is 0.237 e. The zero-order valence-electron chi connectivity index (χ0n) is 15.7. The summed E-state index contributed by atoms with van der Waals surface area (Å²) in [5.74, 6) is 0.0433. The smallest absolute Gasteiger partial charge is 0.237 e. The molecule has 1 heterocycles. The first-order chi connectivity index (χ1) is 11.9. The minimum atomic E-state index is -0.101. The van der Waals surface area contributed by atoms with E-state index in [0.29, 0.717) is 0 Å². The first-order valence-corrected chi connectivity index (χ1v) is 8.99. The van der Waals surface area contributed by atoms with Crippen LogP contribution in [0.2, 0.25) is 0 Å². The summed E-state index contributed by atoms with van der Waals surface area (Å²) in [5, 5.41) is 5.88. The molecule has 0 saturated carbocycles. The van der Waals surface area contributed by atoms with Crippen LogP contribution in [0.5, 0.6) is 0 Å². The maximum absolute atomic E-state index is 12.2. The van der Waals surface area contributed by atoms with Crippen LogP contribution >= 0.6 is 0 Å². The Balaban J connectivity index is 1.89. The molecule has 138 valence electrons. The predicted octanol–water partition coefficient (Wildman–Crippen LogP) is 1.68. The van der Waals surface area contributed by atoms with Gasteiger partial charge < -0.3 is 10.6 Å². The fraction of sp³-hybridized carbons (Fsp3) is 0.579. The molecule has 0 aliphatic carbocycles. The Kier molecular flexibility index (Phi) is 6.96. The number of para-hydroxylation sites is 1. The SMILES string of the molecule is CC(=O)Nc1ccccc1CN1CCN([C@H](C)C(=O)NC(C)C)CC1. The fourth-order valence-electron chi connectivity index (χ4n) is 3.09. The maximum atomic E-state index is 12.2. The van der Waals surface area contributed by atoms with Gasteiger partial charge in [-0.1, -0.05) is 18.2 Å². The van der Waals surface area contributed by atoms with Crippen molar-refractivity contribution in [3.8, 4) is 0 Å². The molecule has 25 heavy (non-hydrogen) atoms. The topological polar surface area (TPSA) is 64.7 Å². The minimum absolute atomic E-state index is 0.0535. The molecular weight excluding hydrogens is 316 g/mol. The minimum Gasteiger partial charge on any atom is -0.353 e. The first-order valence-electron chi connectivity index (χ1n) is 8.99. The van der Waals surface area contributed by atoms with Crippen LogP contribution in [0.1, 0.15) is 33.3 Å². The average Bonchev–Trinajstić information content (AvgIpc) is 2.55. The highest BCUT2D eigenvalue weighted by Crippen LogP contribution is 2.18. The Morgan fingerprint density at radius 3 is 2.32 bits per heavy atom. The van der Waals surface area contributed by atoms with E-state index in [1.165, 1.54) is 6.92 Å². The number of hydrogen-bond donors (Lipinski definition) is 2. The van der Waals surface area contributed by atoms with Crippen LogP contribution < -0.4 is 10.6 Å². The van der Waals surface area contributed by atoms with Crippen molar-refractivity contribution >= 4 is 17.5 Å². The van der Waals surface area contributed by atoms with E-state index in [-0.39, 0.29) is 23.9 Å². The van der Waals surface area contributed by atoms with Gasteiger partial charge in [-0.3, -0.25) is 19.4 Å². The predicted molar refractivity (Wildman–Crippen MR) is 100 cm³/mol. The second-order valence-corrected chi connectivity index (χ2v) is 6.99. The normalized spacial score (nSPS) is 17.3. The van der Waals surface area contributed by atoms with Gasteiger partial charge in [0.05, 0.1) is 6.04 Å². The van der Waals surface area contributed by atoms with Gasteiger partial charge in [-0.15, -0.1) is 0 Å². The number of nitrogens with zero attached hydrogens (tertiary/aromatic N) is 2. The first kappa shape index (κ1) is 19.4. The van der Waals surface area contributed by atoms with E-state index in [1.54, 1.807) is 0 Å². The summed E-state index contributed by atoms with van der Waals surface area (Å²) in [6, 6.07) is 7.98. The van der Waals surface area contributed by atoms with Crippen molar-refractivity contribution in [2.75, 3.05) is 31.5 Å². The second kappa shape index (κ2) is 8.97. The summed E-state index contributed by atoms with van der Waals surface area (Å²) < 4.78 is 0. The Hall–Kier alpha value is -1.92. The molecule has 0 unspecified atom stereocenters. The molecule has 1 atom stereocenters. The van der Waals surface area contributed by atoms with E-state index in [2.05, 4.69) is 26.5 Å². The molecule has 0 spiro atoms. The second-order valence-electron chi connectivity index (χ2n) is 6.99. The molecule has 1 aliphatic heterocycles. The van der Waals surface area contributed by atoms with Crippen LogP contribution in [0.3, 0.4) is 0 Å². The number of carbonyl (C=O) groups is 2. The zero-order valence-corrected chi connectivity index (χ0v) is 15.7. The van der Waals surface area contributed by atoms with Crippen LogP contribution in [-0.4, -0.2) is 59.9 Å². The number of hydrogen-bond acceptors (Lipinski definition) is 4. The third-order valence-electron chi connectivity index (χ3n) is 4.49. The highest BCUT2D eigenvalue weighted by Gasteiger charge is 2.26. The van der Waals surface area contributed by atoms with Crippen molar-refractivity contribution in [3.63, 3.8) is 0 Å². The number of amides is 2. The number of piperazine rings is 1. The van der Waals surface area contributed by atoms with E-state index in [9.17, 15) is 9.59 Å². The molecule has 0 bridgehead atoms. The lowest BCUT2D eigenvalue weighted by atomic mass is 10.1. The van der Waals surface area contributed by atoms with Crippen LogP contribution in [0, 0.1) is 0 Å². The van der Waals surface area contributed by atoms with Crippen molar-refractivity contribution < 1.29 is 9.59 Å². The molecule has 2 amide bonds. The number of rotatable bonds is 6. The number of carbonyl (C=O) groups excluding carboxylic acids is 2. The molecule has 0 aromatic heterocycles. The third-order valence-corrected chi connectivity index (χ3v) is 4.49. The van der Waals surface area contributed by atoms with Gasteiger partial charge in [0.2, 0.25) is 11.8 Å². The van der Waals surface area contributed by atoms with Gasteiger partial charge in [-0.05, 0) is 32.4 Å². The Labute approximate surface area is 150 Å². The van der Waals surface area contributed by atoms with Crippen molar-refractivity contribution in [2.45, 2.75) is 46.3 Å². The highest BCUT2D eigenvalue weighted by molar-refractivity contribution is 5.89. The third kappa shape index (κ3) is 5.83. The number of benzene rings is 1.